The van der Waals surface area contributed by atoms with Gasteiger partial charge in [-0.25, -0.2) is 9.78 Å². The number of hydrogen-bond acceptors (Lipinski definition) is 7. The number of imidazole rings is 1. The number of aromatic nitrogens is 4. The third-order valence-electron chi connectivity index (χ3n) is 3.99. The van der Waals surface area contributed by atoms with Gasteiger partial charge in [-0.1, -0.05) is 11.6 Å². The second-order valence-electron chi connectivity index (χ2n) is 5.75. The van der Waals surface area contributed by atoms with Gasteiger partial charge in [-0.05, 0) is 12.1 Å². The van der Waals surface area contributed by atoms with Gasteiger partial charge in [-0.15, -0.1) is 11.3 Å². The number of rotatable bonds is 6. The van der Waals surface area contributed by atoms with Crippen molar-refractivity contribution in [1.82, 2.24) is 18.7 Å². The minimum Gasteiger partial charge on any atom is -0.457 e. The van der Waals surface area contributed by atoms with Gasteiger partial charge in [0, 0.05) is 20.6 Å². The maximum absolute atomic E-state index is 12.3. The lowest BCUT2D eigenvalue weighted by Gasteiger charge is -2.07. The Bertz CT molecular complexity index is 1160. The summed E-state index contributed by atoms with van der Waals surface area (Å²) >= 11 is 6.88. The van der Waals surface area contributed by atoms with Crippen LogP contribution in [0.4, 0.5) is 0 Å². The summed E-state index contributed by atoms with van der Waals surface area (Å²) in [6.07, 6.45) is 1.33. The number of Topliss-reactive ketones (excluding diaryl/α,β-unsaturated/α-hetero) is 1. The van der Waals surface area contributed by atoms with E-state index in [1.807, 2.05) is 0 Å². The van der Waals surface area contributed by atoms with Gasteiger partial charge >= 0.3 is 11.7 Å². The summed E-state index contributed by atoms with van der Waals surface area (Å²) in [6, 6.07) is 3.17. The molecule has 0 aromatic carbocycles. The normalized spacial score (nSPS) is 11.1. The van der Waals surface area contributed by atoms with Crippen molar-refractivity contribution in [2.24, 2.45) is 14.1 Å². The Kier molecular flexibility index (Phi) is 5.29. The Labute approximate surface area is 161 Å². The van der Waals surface area contributed by atoms with Gasteiger partial charge in [0.1, 0.15) is 0 Å². The van der Waals surface area contributed by atoms with E-state index in [9.17, 15) is 19.2 Å². The van der Waals surface area contributed by atoms with Crippen LogP contribution in [-0.4, -0.2) is 37.0 Å². The van der Waals surface area contributed by atoms with Gasteiger partial charge in [-0.3, -0.25) is 23.5 Å². The van der Waals surface area contributed by atoms with Crippen LogP contribution in [0.5, 0.6) is 0 Å². The highest BCUT2D eigenvalue weighted by Gasteiger charge is 2.16. The number of ether oxygens (including phenoxy) is 1. The Morgan fingerprint density at radius 1 is 1.22 bits per heavy atom. The molecule has 0 fully saturated rings. The molecule has 0 atom stereocenters. The van der Waals surface area contributed by atoms with E-state index < -0.39 is 17.2 Å². The molecule has 0 unspecified atom stereocenters. The van der Waals surface area contributed by atoms with E-state index in [-0.39, 0.29) is 36.5 Å². The molecular weight excluding hydrogens is 396 g/mol. The van der Waals surface area contributed by atoms with Crippen molar-refractivity contribution < 1.29 is 14.3 Å². The second kappa shape index (κ2) is 7.49. The zero-order valence-corrected chi connectivity index (χ0v) is 16.0. The van der Waals surface area contributed by atoms with Crippen molar-refractivity contribution in [2.45, 2.75) is 13.0 Å². The van der Waals surface area contributed by atoms with E-state index in [4.69, 9.17) is 16.3 Å². The molecule has 0 bridgehead atoms. The molecule has 0 aliphatic rings. The monoisotopic (exact) mass is 410 g/mol. The SMILES string of the molecule is Cn1c(=O)c2c(ncn2CCC(=O)OCC(=O)c2ccc(Cl)s2)n(C)c1=O. The highest BCUT2D eigenvalue weighted by atomic mass is 35.5. The van der Waals surface area contributed by atoms with Crippen LogP contribution >= 0.6 is 22.9 Å². The van der Waals surface area contributed by atoms with Crippen LogP contribution < -0.4 is 11.2 Å². The molecule has 3 heterocycles. The average Bonchev–Trinajstić information content (AvgIpc) is 3.27. The number of fused-ring (bicyclic) bond motifs is 1. The molecule has 9 nitrogen and oxygen atoms in total. The minimum atomic E-state index is -0.588. The van der Waals surface area contributed by atoms with Crippen LogP contribution in [0, 0.1) is 0 Å². The topological polar surface area (TPSA) is 105 Å². The number of carbonyl (C=O) groups excluding carboxylic acids is 2. The summed E-state index contributed by atoms with van der Waals surface area (Å²) in [5.41, 5.74) is -0.522. The lowest BCUT2D eigenvalue weighted by molar-refractivity contribution is -0.142. The van der Waals surface area contributed by atoms with Crippen molar-refractivity contribution in [2.75, 3.05) is 6.61 Å². The standard InChI is InChI=1S/C16H15ClN4O5S/c1-19-14-13(15(24)20(2)16(19)25)21(8-18-14)6-5-12(23)26-7-9(22)10-3-4-11(17)27-10/h3-4,8H,5-7H2,1-2H3. The van der Waals surface area contributed by atoms with Crippen molar-refractivity contribution in [3.8, 4) is 0 Å². The molecular formula is C16H15ClN4O5S. The first kappa shape index (κ1) is 19.1. The number of hydrogen-bond donors (Lipinski definition) is 0. The van der Waals surface area contributed by atoms with Gasteiger partial charge in [0.05, 0.1) is 22.0 Å². The number of nitrogens with zero attached hydrogens (tertiary/aromatic N) is 4. The summed E-state index contributed by atoms with van der Waals surface area (Å²) in [5.74, 6) is -0.924. The highest BCUT2D eigenvalue weighted by molar-refractivity contribution is 7.18. The Morgan fingerprint density at radius 3 is 2.63 bits per heavy atom. The molecule has 0 N–H and O–H groups in total. The highest BCUT2D eigenvalue weighted by Crippen LogP contribution is 2.21. The van der Waals surface area contributed by atoms with Gasteiger partial charge in [0.2, 0.25) is 5.78 Å². The maximum atomic E-state index is 12.3. The molecule has 3 aromatic rings. The number of carbonyl (C=O) groups is 2. The molecule has 11 heteroatoms. The molecule has 0 amide bonds. The summed E-state index contributed by atoms with van der Waals surface area (Å²) in [5, 5.41) is 0. The fraction of sp³-hybridized carbons (Fsp3) is 0.312. The molecule has 3 aromatic heterocycles. The molecule has 0 saturated heterocycles. The summed E-state index contributed by atoms with van der Waals surface area (Å²) in [6.45, 7) is -0.252. The minimum absolute atomic E-state index is 0.0596. The molecule has 0 aliphatic carbocycles. The predicted octanol–water partition coefficient (Wildman–Crippen LogP) is 0.965. The molecule has 0 aliphatic heterocycles. The van der Waals surface area contributed by atoms with Crippen molar-refractivity contribution in [3.05, 3.63) is 48.5 Å². The quantitative estimate of drug-likeness (QED) is 0.443. The van der Waals surface area contributed by atoms with Gasteiger partial charge in [0.15, 0.2) is 17.8 Å². The van der Waals surface area contributed by atoms with E-state index in [2.05, 4.69) is 4.98 Å². The van der Waals surface area contributed by atoms with Crippen LogP contribution in [-0.2, 0) is 30.2 Å². The molecule has 27 heavy (non-hydrogen) atoms. The Balaban J connectivity index is 1.67. The zero-order chi connectivity index (χ0) is 19.7. The van der Waals surface area contributed by atoms with Gasteiger partial charge in [-0.2, -0.15) is 0 Å². The number of thiophene rings is 1. The van der Waals surface area contributed by atoms with E-state index >= 15 is 0 Å². The van der Waals surface area contributed by atoms with Gasteiger partial charge < -0.3 is 9.30 Å². The number of ketones is 1. The van der Waals surface area contributed by atoms with Crippen molar-refractivity contribution >= 4 is 45.9 Å². The first-order valence-electron chi connectivity index (χ1n) is 7.84. The van der Waals surface area contributed by atoms with Crippen molar-refractivity contribution in [3.63, 3.8) is 0 Å². The summed E-state index contributed by atoms with van der Waals surface area (Å²) < 4.78 is 9.18. The Hall–Kier alpha value is -2.72. The largest absolute Gasteiger partial charge is 0.457 e. The molecule has 0 radical (unpaired) electrons. The maximum Gasteiger partial charge on any atom is 0.332 e. The number of halogens is 1. The van der Waals surface area contributed by atoms with E-state index in [1.54, 1.807) is 12.1 Å². The average molecular weight is 411 g/mol. The second-order valence-corrected chi connectivity index (χ2v) is 7.47. The molecule has 0 saturated carbocycles. The van der Waals surface area contributed by atoms with Crippen LogP contribution in [0.3, 0.4) is 0 Å². The molecule has 142 valence electrons. The van der Waals surface area contributed by atoms with E-state index in [1.165, 1.54) is 29.6 Å². The fourth-order valence-electron chi connectivity index (χ4n) is 2.53. The van der Waals surface area contributed by atoms with Crippen LogP contribution in [0.25, 0.3) is 11.2 Å². The van der Waals surface area contributed by atoms with Crippen LogP contribution in [0.15, 0.2) is 28.0 Å². The Morgan fingerprint density at radius 2 is 1.96 bits per heavy atom. The summed E-state index contributed by atoms with van der Waals surface area (Å²) in [4.78, 5) is 52.5. The zero-order valence-electron chi connectivity index (χ0n) is 14.5. The number of aryl methyl sites for hydroxylation is 2. The molecule has 0 spiro atoms. The molecule has 3 rings (SSSR count). The number of esters is 1. The summed E-state index contributed by atoms with van der Waals surface area (Å²) in [7, 11) is 2.89. The van der Waals surface area contributed by atoms with Crippen LogP contribution in [0.2, 0.25) is 4.34 Å². The third-order valence-corrected chi connectivity index (χ3v) is 5.26. The first-order chi connectivity index (χ1) is 12.8. The fourth-order valence-corrected chi connectivity index (χ4v) is 3.50. The predicted molar refractivity (Wildman–Crippen MR) is 99.5 cm³/mol. The van der Waals surface area contributed by atoms with Crippen molar-refractivity contribution in [1.29, 1.82) is 0 Å². The first-order valence-corrected chi connectivity index (χ1v) is 9.04. The van der Waals surface area contributed by atoms with Gasteiger partial charge in [0.25, 0.3) is 5.56 Å². The van der Waals surface area contributed by atoms with E-state index in [0.717, 1.165) is 15.9 Å². The van der Waals surface area contributed by atoms with Crippen LogP contribution in [0.1, 0.15) is 16.1 Å². The lowest BCUT2D eigenvalue weighted by atomic mass is 10.3. The van der Waals surface area contributed by atoms with E-state index in [0.29, 0.717) is 9.21 Å². The lowest BCUT2D eigenvalue weighted by Crippen LogP contribution is -2.37. The third kappa shape index (κ3) is 3.71. The smallest absolute Gasteiger partial charge is 0.332 e.